The highest BCUT2D eigenvalue weighted by Crippen LogP contribution is 2.17. The molecule has 3 heteroatoms. The van der Waals surface area contributed by atoms with Gasteiger partial charge >= 0.3 is 0 Å². The molecule has 1 aromatic rings. The molecule has 1 heterocycles. The summed E-state index contributed by atoms with van der Waals surface area (Å²) in [5.41, 5.74) is 8.50. The van der Waals surface area contributed by atoms with E-state index >= 15 is 0 Å². The second-order valence-electron chi connectivity index (χ2n) is 5.02. The van der Waals surface area contributed by atoms with Gasteiger partial charge in [0.25, 0.3) is 0 Å². The predicted octanol–water partition coefficient (Wildman–Crippen LogP) is 1.80. The van der Waals surface area contributed by atoms with Gasteiger partial charge in [-0.2, -0.15) is 0 Å². The second-order valence-corrected chi connectivity index (χ2v) is 5.02. The Labute approximate surface area is 110 Å². The van der Waals surface area contributed by atoms with Gasteiger partial charge in [0.2, 0.25) is 0 Å². The minimum Gasteiger partial charge on any atom is -0.381 e. The topological polar surface area (TPSA) is 38.5 Å². The molecule has 1 aliphatic rings. The molecule has 0 saturated carbocycles. The molecule has 100 valence electrons. The summed E-state index contributed by atoms with van der Waals surface area (Å²) < 4.78 is 5.41. The molecule has 1 fully saturated rings. The van der Waals surface area contributed by atoms with Crippen LogP contribution in [0.15, 0.2) is 24.3 Å². The fraction of sp³-hybridized carbons (Fsp3) is 0.600. The van der Waals surface area contributed by atoms with E-state index in [1.807, 2.05) is 7.11 Å². The Kier molecular flexibility index (Phi) is 5.17. The molecule has 0 unspecified atom stereocenters. The van der Waals surface area contributed by atoms with Crippen molar-refractivity contribution in [3.63, 3.8) is 0 Å². The van der Waals surface area contributed by atoms with Crippen LogP contribution in [0, 0.1) is 0 Å². The lowest BCUT2D eigenvalue weighted by molar-refractivity contribution is 0.0388. The molecule has 1 aliphatic heterocycles. The smallest absolute Gasteiger partial charge is 0.0595 e. The Hall–Kier alpha value is -0.900. The monoisotopic (exact) mass is 248 g/mol. The van der Waals surface area contributed by atoms with Gasteiger partial charge in [-0.1, -0.05) is 24.3 Å². The maximum Gasteiger partial charge on any atom is 0.0595 e. The van der Waals surface area contributed by atoms with Gasteiger partial charge in [-0.3, -0.25) is 4.90 Å². The van der Waals surface area contributed by atoms with Crippen LogP contribution in [0.25, 0.3) is 0 Å². The lowest BCUT2D eigenvalue weighted by atomic mass is 10.0. The highest BCUT2D eigenvalue weighted by atomic mass is 16.5. The van der Waals surface area contributed by atoms with E-state index < -0.39 is 0 Å². The number of nitrogens with zero attached hydrogens (tertiary/aromatic N) is 1. The summed E-state index contributed by atoms with van der Waals surface area (Å²) in [6.07, 6.45) is 3.73. The number of hydrogen-bond donors (Lipinski definition) is 1. The summed E-state index contributed by atoms with van der Waals surface area (Å²) in [5, 5.41) is 0. The van der Waals surface area contributed by atoms with E-state index in [0.717, 1.165) is 45.4 Å². The first-order chi connectivity index (χ1) is 8.83. The zero-order valence-electron chi connectivity index (χ0n) is 11.3. The number of methoxy groups -OCH3 is 1. The highest BCUT2D eigenvalue weighted by molar-refractivity contribution is 5.27. The molecule has 0 radical (unpaired) electrons. The quantitative estimate of drug-likeness (QED) is 0.863. The molecule has 2 N–H and O–H groups in total. The molecule has 2 rings (SSSR count). The molecule has 0 spiro atoms. The summed E-state index contributed by atoms with van der Waals surface area (Å²) >= 11 is 0. The van der Waals surface area contributed by atoms with Gasteiger partial charge in [-0.05, 0) is 36.9 Å². The number of nitrogens with two attached hydrogens (primary N) is 1. The Morgan fingerprint density at radius 1 is 1.22 bits per heavy atom. The van der Waals surface area contributed by atoms with E-state index in [1.54, 1.807) is 0 Å². The van der Waals surface area contributed by atoms with Crippen LogP contribution in [0.1, 0.15) is 24.0 Å². The highest BCUT2D eigenvalue weighted by Gasteiger charge is 2.19. The maximum atomic E-state index is 5.67. The molecule has 0 aromatic heterocycles. The molecule has 0 atom stereocenters. The number of benzene rings is 1. The second kappa shape index (κ2) is 6.88. The van der Waals surface area contributed by atoms with Crippen LogP contribution in [-0.2, 0) is 17.7 Å². The maximum absolute atomic E-state index is 5.67. The zero-order chi connectivity index (χ0) is 12.8. The van der Waals surface area contributed by atoms with Gasteiger partial charge in [0.05, 0.1) is 6.10 Å². The van der Waals surface area contributed by atoms with E-state index in [0.29, 0.717) is 6.10 Å². The Bertz CT molecular complexity index is 359. The third-order valence-electron chi connectivity index (χ3n) is 3.79. The molecule has 1 aromatic carbocycles. The van der Waals surface area contributed by atoms with Crippen molar-refractivity contribution < 1.29 is 4.74 Å². The van der Waals surface area contributed by atoms with Gasteiger partial charge in [0.15, 0.2) is 0 Å². The molecule has 0 aliphatic carbocycles. The van der Waals surface area contributed by atoms with Crippen LogP contribution < -0.4 is 5.73 Å². The summed E-state index contributed by atoms with van der Waals surface area (Å²) in [7, 11) is 1.82. The third kappa shape index (κ3) is 3.55. The molecular formula is C15H24N2O. The molecular weight excluding hydrogens is 224 g/mol. The number of hydrogen-bond acceptors (Lipinski definition) is 3. The van der Waals surface area contributed by atoms with Gasteiger partial charge in [-0.15, -0.1) is 0 Å². The van der Waals surface area contributed by atoms with Crippen molar-refractivity contribution in [3.8, 4) is 0 Å². The Morgan fingerprint density at radius 2 is 1.89 bits per heavy atom. The van der Waals surface area contributed by atoms with Crippen molar-refractivity contribution in [2.24, 2.45) is 5.73 Å². The van der Waals surface area contributed by atoms with Crippen LogP contribution in [-0.4, -0.2) is 37.7 Å². The first-order valence-corrected chi connectivity index (χ1v) is 6.85. The van der Waals surface area contributed by atoms with Gasteiger partial charge < -0.3 is 10.5 Å². The van der Waals surface area contributed by atoms with Crippen LogP contribution >= 0.6 is 0 Å². The van der Waals surface area contributed by atoms with Crippen LogP contribution in [0.2, 0.25) is 0 Å². The Balaban J connectivity index is 1.93. The van der Waals surface area contributed by atoms with Crippen LogP contribution in [0.3, 0.4) is 0 Å². The minimum absolute atomic E-state index is 0.459. The molecule has 3 nitrogen and oxygen atoms in total. The standard InChI is InChI=1S/C15H24N2O/c1-18-15-7-10-17(11-8-15)12-14-5-3-2-4-13(14)6-9-16/h2-5,15H,6-12,16H2,1H3. The molecule has 0 amide bonds. The summed E-state index contributed by atoms with van der Waals surface area (Å²) in [5.74, 6) is 0. The molecule has 0 bridgehead atoms. The SMILES string of the molecule is COC1CCN(Cc2ccccc2CCN)CC1. The van der Waals surface area contributed by atoms with Crippen molar-refractivity contribution in [2.45, 2.75) is 31.9 Å². The molecule has 1 saturated heterocycles. The van der Waals surface area contributed by atoms with Crippen molar-refractivity contribution in [2.75, 3.05) is 26.7 Å². The Morgan fingerprint density at radius 3 is 2.50 bits per heavy atom. The van der Waals surface area contributed by atoms with Crippen molar-refractivity contribution in [1.29, 1.82) is 0 Å². The molecule has 18 heavy (non-hydrogen) atoms. The first kappa shape index (κ1) is 13.5. The minimum atomic E-state index is 0.459. The third-order valence-corrected chi connectivity index (χ3v) is 3.79. The zero-order valence-corrected chi connectivity index (χ0v) is 11.3. The predicted molar refractivity (Wildman–Crippen MR) is 74.5 cm³/mol. The largest absolute Gasteiger partial charge is 0.381 e. The van der Waals surface area contributed by atoms with E-state index in [4.69, 9.17) is 10.5 Å². The lowest BCUT2D eigenvalue weighted by Gasteiger charge is -2.31. The van der Waals surface area contributed by atoms with Crippen molar-refractivity contribution in [1.82, 2.24) is 4.90 Å². The van der Waals surface area contributed by atoms with Gasteiger partial charge in [0.1, 0.15) is 0 Å². The van der Waals surface area contributed by atoms with E-state index in [9.17, 15) is 0 Å². The number of rotatable bonds is 5. The van der Waals surface area contributed by atoms with Crippen molar-refractivity contribution >= 4 is 0 Å². The number of piperidine rings is 1. The fourth-order valence-electron chi connectivity index (χ4n) is 2.66. The first-order valence-electron chi connectivity index (χ1n) is 6.85. The normalized spacial score (nSPS) is 18.1. The summed E-state index contributed by atoms with van der Waals surface area (Å²) in [6.45, 7) is 4.04. The number of likely N-dealkylation sites (tertiary alicyclic amines) is 1. The average Bonchev–Trinajstić information content (AvgIpc) is 2.42. The fourth-order valence-corrected chi connectivity index (χ4v) is 2.66. The van der Waals surface area contributed by atoms with Crippen LogP contribution in [0.5, 0.6) is 0 Å². The lowest BCUT2D eigenvalue weighted by Crippen LogP contribution is -2.36. The van der Waals surface area contributed by atoms with E-state index in [2.05, 4.69) is 29.2 Å². The number of ether oxygens (including phenoxy) is 1. The van der Waals surface area contributed by atoms with Gasteiger partial charge in [0, 0.05) is 26.7 Å². The van der Waals surface area contributed by atoms with Crippen molar-refractivity contribution in [3.05, 3.63) is 35.4 Å². The summed E-state index contributed by atoms with van der Waals surface area (Å²) in [6, 6.07) is 8.65. The van der Waals surface area contributed by atoms with E-state index in [1.165, 1.54) is 11.1 Å². The van der Waals surface area contributed by atoms with Gasteiger partial charge in [-0.25, -0.2) is 0 Å². The summed E-state index contributed by atoms with van der Waals surface area (Å²) in [4.78, 5) is 2.52. The average molecular weight is 248 g/mol. The van der Waals surface area contributed by atoms with Crippen LogP contribution in [0.4, 0.5) is 0 Å². The van der Waals surface area contributed by atoms with E-state index in [-0.39, 0.29) is 0 Å².